The van der Waals surface area contributed by atoms with Crippen molar-refractivity contribution in [3.8, 4) is 0 Å². The summed E-state index contributed by atoms with van der Waals surface area (Å²) >= 11 is 0. The Morgan fingerprint density at radius 1 is 1.50 bits per heavy atom. The Morgan fingerprint density at radius 2 is 2.20 bits per heavy atom. The van der Waals surface area contributed by atoms with E-state index >= 15 is 0 Å². The van der Waals surface area contributed by atoms with Crippen LogP contribution < -0.4 is 5.84 Å². The quantitative estimate of drug-likeness (QED) is 0.541. The minimum Gasteiger partial charge on any atom is -0.268 e. The molecule has 2 N–H and O–H groups in total. The zero-order valence-corrected chi connectivity index (χ0v) is 6.01. The van der Waals surface area contributed by atoms with Crippen LogP contribution in [0, 0.1) is 0 Å². The average molecular weight is 136 g/mol. The molecule has 1 saturated heterocycles. The zero-order chi connectivity index (χ0) is 7.56. The number of rotatable bonds is 1. The molecule has 1 rings (SSSR count). The maximum absolute atomic E-state index is 5.54. The van der Waals surface area contributed by atoms with Gasteiger partial charge < -0.3 is 0 Å². The molecule has 0 aromatic rings. The maximum atomic E-state index is 5.54. The van der Waals surface area contributed by atoms with Crippen molar-refractivity contribution in [3.05, 3.63) is 36.5 Å². The van der Waals surface area contributed by atoms with Crippen molar-refractivity contribution in [1.82, 2.24) is 5.01 Å². The lowest BCUT2D eigenvalue weighted by Gasteiger charge is -2.01. The highest BCUT2D eigenvalue weighted by Gasteiger charge is 2.15. The molecule has 0 unspecified atom stereocenters. The molecule has 1 fully saturated rings. The molecule has 0 atom stereocenters. The van der Waals surface area contributed by atoms with Crippen molar-refractivity contribution >= 4 is 0 Å². The smallest absolute Gasteiger partial charge is 0.0386 e. The second-order valence-electron chi connectivity index (χ2n) is 2.44. The van der Waals surface area contributed by atoms with Crippen molar-refractivity contribution < 1.29 is 0 Å². The minimum atomic E-state index is 0.777. The highest BCUT2D eigenvalue weighted by Crippen LogP contribution is 2.16. The number of hydrazine groups is 1. The summed E-state index contributed by atoms with van der Waals surface area (Å²) in [5.74, 6) is 5.54. The van der Waals surface area contributed by atoms with Gasteiger partial charge in [0.2, 0.25) is 0 Å². The van der Waals surface area contributed by atoms with Crippen LogP contribution in [0.5, 0.6) is 0 Å². The molecule has 2 nitrogen and oxygen atoms in total. The molecule has 54 valence electrons. The third kappa shape index (κ3) is 1.35. The van der Waals surface area contributed by atoms with Crippen molar-refractivity contribution in [2.45, 2.75) is 0 Å². The molecule has 0 aromatic heterocycles. The van der Waals surface area contributed by atoms with Gasteiger partial charge >= 0.3 is 0 Å². The van der Waals surface area contributed by atoms with E-state index in [-0.39, 0.29) is 0 Å². The fourth-order valence-electron chi connectivity index (χ4n) is 1.05. The zero-order valence-electron chi connectivity index (χ0n) is 6.01. The van der Waals surface area contributed by atoms with Crippen LogP contribution in [-0.4, -0.2) is 18.1 Å². The Bertz CT molecular complexity index is 191. The van der Waals surface area contributed by atoms with Crippen molar-refractivity contribution in [2.75, 3.05) is 13.1 Å². The SMILES string of the molecule is C=C/C=C1/CN(N)CC1=C. The third-order valence-electron chi connectivity index (χ3n) is 1.54. The van der Waals surface area contributed by atoms with Gasteiger partial charge in [0.25, 0.3) is 0 Å². The molecule has 0 aromatic carbocycles. The van der Waals surface area contributed by atoms with E-state index in [1.54, 1.807) is 11.1 Å². The Hall–Kier alpha value is -0.860. The molecule has 10 heavy (non-hydrogen) atoms. The molecule has 0 saturated carbocycles. The van der Waals surface area contributed by atoms with E-state index in [1.807, 2.05) is 6.08 Å². The van der Waals surface area contributed by atoms with Crippen LogP contribution in [-0.2, 0) is 0 Å². The highest BCUT2D eigenvalue weighted by atomic mass is 15.4. The van der Waals surface area contributed by atoms with Gasteiger partial charge in [-0.3, -0.25) is 5.84 Å². The van der Waals surface area contributed by atoms with Gasteiger partial charge in [0.15, 0.2) is 0 Å². The Balaban J connectivity index is 2.72. The molecule has 0 amide bonds. The lowest BCUT2D eigenvalue weighted by molar-refractivity contribution is 0.372. The van der Waals surface area contributed by atoms with Gasteiger partial charge in [-0.15, -0.1) is 0 Å². The summed E-state index contributed by atoms with van der Waals surface area (Å²) < 4.78 is 0. The molecule has 0 spiro atoms. The first-order valence-electron chi connectivity index (χ1n) is 3.23. The predicted molar refractivity (Wildman–Crippen MR) is 43.2 cm³/mol. The molecule has 1 aliphatic heterocycles. The van der Waals surface area contributed by atoms with E-state index in [1.165, 1.54) is 5.57 Å². The Kier molecular flexibility index (Phi) is 2.04. The highest BCUT2D eigenvalue weighted by molar-refractivity contribution is 5.37. The number of nitrogens with zero attached hydrogens (tertiary/aromatic N) is 1. The Morgan fingerprint density at radius 3 is 2.60 bits per heavy atom. The van der Waals surface area contributed by atoms with E-state index in [4.69, 9.17) is 5.84 Å². The second-order valence-corrected chi connectivity index (χ2v) is 2.44. The van der Waals surface area contributed by atoms with Gasteiger partial charge in [0.05, 0.1) is 0 Å². The van der Waals surface area contributed by atoms with Crippen molar-refractivity contribution in [2.24, 2.45) is 5.84 Å². The first-order chi connectivity index (χ1) is 4.74. The lowest BCUT2D eigenvalue weighted by atomic mass is 10.1. The van der Waals surface area contributed by atoms with Crippen LogP contribution >= 0.6 is 0 Å². The first-order valence-corrected chi connectivity index (χ1v) is 3.23. The minimum absolute atomic E-state index is 0.777. The summed E-state index contributed by atoms with van der Waals surface area (Å²) in [6, 6.07) is 0. The summed E-state index contributed by atoms with van der Waals surface area (Å²) in [5.41, 5.74) is 2.29. The largest absolute Gasteiger partial charge is 0.268 e. The van der Waals surface area contributed by atoms with Crippen LogP contribution in [0.15, 0.2) is 36.5 Å². The standard InChI is InChI=1S/C8H12N2/c1-3-4-8-6-10(9)5-7(8)2/h3-4H,1-2,5-6,9H2/b8-4-. The molecule has 1 heterocycles. The Labute approximate surface area is 61.3 Å². The maximum Gasteiger partial charge on any atom is 0.0386 e. The van der Waals surface area contributed by atoms with E-state index in [9.17, 15) is 0 Å². The van der Waals surface area contributed by atoms with Crippen LogP contribution in [0.25, 0.3) is 0 Å². The molecule has 0 aliphatic carbocycles. The number of hydrogen-bond donors (Lipinski definition) is 1. The fraction of sp³-hybridized carbons (Fsp3) is 0.250. The van der Waals surface area contributed by atoms with Crippen molar-refractivity contribution in [3.63, 3.8) is 0 Å². The number of allylic oxidation sites excluding steroid dienone is 2. The molecule has 2 heteroatoms. The molecular formula is C8H12N2. The number of nitrogens with two attached hydrogens (primary N) is 1. The lowest BCUT2D eigenvalue weighted by Crippen LogP contribution is -2.26. The summed E-state index contributed by atoms with van der Waals surface area (Å²) in [7, 11) is 0. The van der Waals surface area contributed by atoms with Gasteiger partial charge in [-0.05, 0) is 11.1 Å². The third-order valence-corrected chi connectivity index (χ3v) is 1.54. The van der Waals surface area contributed by atoms with Crippen LogP contribution in [0.4, 0.5) is 0 Å². The monoisotopic (exact) mass is 136 g/mol. The summed E-state index contributed by atoms with van der Waals surface area (Å²) in [6.45, 7) is 9.05. The molecule has 1 aliphatic rings. The summed E-state index contributed by atoms with van der Waals surface area (Å²) in [5, 5.41) is 1.73. The molecule has 0 bridgehead atoms. The van der Waals surface area contributed by atoms with Crippen molar-refractivity contribution in [1.29, 1.82) is 0 Å². The normalized spacial score (nSPS) is 24.1. The first kappa shape index (κ1) is 7.25. The number of hydrogen-bond acceptors (Lipinski definition) is 2. The van der Waals surface area contributed by atoms with E-state index in [0.717, 1.165) is 18.7 Å². The summed E-state index contributed by atoms with van der Waals surface area (Å²) in [4.78, 5) is 0. The second kappa shape index (κ2) is 2.82. The van der Waals surface area contributed by atoms with Gasteiger partial charge in [0.1, 0.15) is 0 Å². The predicted octanol–water partition coefficient (Wildman–Crippen LogP) is 0.844. The van der Waals surface area contributed by atoms with Gasteiger partial charge in [-0.1, -0.05) is 25.3 Å². The van der Waals surface area contributed by atoms with Gasteiger partial charge in [-0.2, -0.15) is 0 Å². The fourth-order valence-corrected chi connectivity index (χ4v) is 1.05. The van der Waals surface area contributed by atoms with Crippen LogP contribution in [0.3, 0.4) is 0 Å². The average Bonchev–Trinajstić information content (AvgIpc) is 2.13. The topological polar surface area (TPSA) is 29.3 Å². The van der Waals surface area contributed by atoms with Gasteiger partial charge in [0, 0.05) is 13.1 Å². The van der Waals surface area contributed by atoms with Gasteiger partial charge in [-0.25, -0.2) is 5.01 Å². The van der Waals surface area contributed by atoms with Crippen LogP contribution in [0.2, 0.25) is 0 Å². The van der Waals surface area contributed by atoms with E-state index in [2.05, 4.69) is 13.2 Å². The molecule has 0 radical (unpaired) electrons. The molecular weight excluding hydrogens is 124 g/mol. The van der Waals surface area contributed by atoms with E-state index in [0.29, 0.717) is 0 Å². The summed E-state index contributed by atoms with van der Waals surface area (Å²) in [6.07, 6.45) is 3.72. The van der Waals surface area contributed by atoms with Crippen LogP contribution in [0.1, 0.15) is 0 Å². The van der Waals surface area contributed by atoms with E-state index < -0.39 is 0 Å².